The summed E-state index contributed by atoms with van der Waals surface area (Å²) in [4.78, 5) is 0. The Hall–Kier alpha value is -0.830. The van der Waals surface area contributed by atoms with Gasteiger partial charge in [0.05, 0.1) is 11.2 Å². The van der Waals surface area contributed by atoms with Gasteiger partial charge in [-0.05, 0) is 26.0 Å². The van der Waals surface area contributed by atoms with E-state index < -0.39 is 0 Å². The van der Waals surface area contributed by atoms with E-state index >= 15 is 0 Å². The van der Waals surface area contributed by atoms with Crippen molar-refractivity contribution in [3.63, 3.8) is 0 Å². The second-order valence-corrected chi connectivity index (χ2v) is 3.89. The van der Waals surface area contributed by atoms with Gasteiger partial charge in [0.15, 0.2) is 0 Å². The molecule has 0 spiro atoms. The number of fused-ring (bicyclic) bond motifs is 1. The number of aryl methyl sites for hydroxylation is 2. The van der Waals surface area contributed by atoms with Crippen molar-refractivity contribution < 1.29 is 0 Å². The Bertz CT molecular complexity index is 445. The van der Waals surface area contributed by atoms with E-state index in [0.29, 0.717) is 0 Å². The molecule has 68 valence electrons. The Labute approximate surface area is 85.7 Å². The molecular formula is C10H11BrN2. The van der Waals surface area contributed by atoms with Crippen LogP contribution < -0.4 is 0 Å². The fraction of sp³-hybridized carbons (Fsp3) is 0.300. The molecule has 0 saturated heterocycles. The molecular weight excluding hydrogens is 228 g/mol. The number of hydrogen-bond donors (Lipinski definition) is 0. The molecule has 0 radical (unpaired) electrons. The molecule has 0 aliphatic carbocycles. The number of aromatic nitrogens is 2. The third-order valence-corrected chi connectivity index (χ3v) is 2.86. The van der Waals surface area contributed by atoms with E-state index in [0.717, 1.165) is 16.7 Å². The average Bonchev–Trinajstić information content (AvgIpc) is 2.44. The number of benzene rings is 1. The maximum absolute atomic E-state index is 4.46. The summed E-state index contributed by atoms with van der Waals surface area (Å²) in [6, 6.07) is 6.19. The van der Waals surface area contributed by atoms with Crippen LogP contribution in [0.4, 0.5) is 0 Å². The van der Waals surface area contributed by atoms with Crippen molar-refractivity contribution in [2.75, 3.05) is 0 Å². The molecule has 2 nitrogen and oxygen atoms in total. The van der Waals surface area contributed by atoms with Gasteiger partial charge in [0.25, 0.3) is 0 Å². The normalized spacial score (nSPS) is 11.0. The van der Waals surface area contributed by atoms with E-state index in [1.54, 1.807) is 0 Å². The molecule has 1 heterocycles. The van der Waals surface area contributed by atoms with Gasteiger partial charge in [0.1, 0.15) is 0 Å². The van der Waals surface area contributed by atoms with Crippen molar-refractivity contribution in [2.45, 2.75) is 20.4 Å². The fourth-order valence-corrected chi connectivity index (χ4v) is 2.25. The summed E-state index contributed by atoms with van der Waals surface area (Å²) >= 11 is 3.54. The molecule has 13 heavy (non-hydrogen) atoms. The monoisotopic (exact) mass is 238 g/mol. The van der Waals surface area contributed by atoms with Crippen LogP contribution in [0.5, 0.6) is 0 Å². The van der Waals surface area contributed by atoms with Crippen LogP contribution in [-0.4, -0.2) is 9.78 Å². The first-order valence-electron chi connectivity index (χ1n) is 4.35. The molecule has 0 aliphatic heterocycles. The van der Waals surface area contributed by atoms with Crippen LogP contribution in [0.2, 0.25) is 0 Å². The first-order valence-corrected chi connectivity index (χ1v) is 5.15. The lowest BCUT2D eigenvalue weighted by molar-refractivity contribution is 0.676. The first kappa shape index (κ1) is 8.75. The largest absolute Gasteiger partial charge is 0.265 e. The molecule has 0 saturated carbocycles. The molecule has 0 N–H and O–H groups in total. The van der Waals surface area contributed by atoms with Crippen LogP contribution in [0.25, 0.3) is 10.9 Å². The summed E-state index contributed by atoms with van der Waals surface area (Å²) < 4.78 is 3.15. The van der Waals surface area contributed by atoms with Gasteiger partial charge in [-0.25, -0.2) is 0 Å². The third-order valence-electron chi connectivity index (χ3n) is 2.20. The third kappa shape index (κ3) is 1.27. The van der Waals surface area contributed by atoms with Gasteiger partial charge < -0.3 is 0 Å². The topological polar surface area (TPSA) is 17.8 Å². The molecule has 0 bridgehead atoms. The molecule has 0 unspecified atom stereocenters. The molecule has 1 aromatic carbocycles. The first-order chi connectivity index (χ1) is 6.24. The van der Waals surface area contributed by atoms with E-state index in [1.807, 2.05) is 17.7 Å². The highest BCUT2D eigenvalue weighted by Gasteiger charge is 2.07. The van der Waals surface area contributed by atoms with E-state index in [2.05, 4.69) is 40.1 Å². The molecule has 2 rings (SSSR count). The molecule has 0 atom stereocenters. The summed E-state index contributed by atoms with van der Waals surface area (Å²) in [6.45, 7) is 5.06. The van der Waals surface area contributed by atoms with Gasteiger partial charge >= 0.3 is 0 Å². The van der Waals surface area contributed by atoms with Gasteiger partial charge in [0.2, 0.25) is 0 Å². The zero-order valence-corrected chi connectivity index (χ0v) is 9.30. The molecule has 0 amide bonds. The minimum atomic E-state index is 0.917. The van der Waals surface area contributed by atoms with E-state index in [-0.39, 0.29) is 0 Å². The smallest absolute Gasteiger partial charge is 0.0696 e. The van der Waals surface area contributed by atoms with Crippen LogP contribution in [0.3, 0.4) is 0 Å². The lowest BCUT2D eigenvalue weighted by atomic mass is 10.2. The van der Waals surface area contributed by atoms with Gasteiger partial charge in [-0.1, -0.05) is 22.0 Å². The van der Waals surface area contributed by atoms with Crippen LogP contribution >= 0.6 is 15.9 Å². The van der Waals surface area contributed by atoms with Gasteiger partial charge in [-0.3, -0.25) is 4.68 Å². The van der Waals surface area contributed by atoms with Crippen molar-refractivity contribution in [3.05, 3.63) is 28.4 Å². The van der Waals surface area contributed by atoms with Crippen molar-refractivity contribution in [2.24, 2.45) is 0 Å². The van der Waals surface area contributed by atoms with Crippen molar-refractivity contribution in [1.29, 1.82) is 0 Å². The second kappa shape index (κ2) is 3.14. The molecule has 3 heteroatoms. The maximum Gasteiger partial charge on any atom is 0.0696 e. The Morgan fingerprint density at radius 3 is 2.92 bits per heavy atom. The Morgan fingerprint density at radius 2 is 2.23 bits per heavy atom. The zero-order chi connectivity index (χ0) is 9.42. The van der Waals surface area contributed by atoms with Gasteiger partial charge in [-0.15, -0.1) is 0 Å². The van der Waals surface area contributed by atoms with Gasteiger partial charge in [0, 0.05) is 16.4 Å². The number of nitrogens with zero attached hydrogens (tertiary/aromatic N) is 2. The second-order valence-electron chi connectivity index (χ2n) is 3.04. The minimum Gasteiger partial charge on any atom is -0.265 e. The highest BCUT2D eigenvalue weighted by Crippen LogP contribution is 2.26. The van der Waals surface area contributed by atoms with Crippen LogP contribution in [0.1, 0.15) is 12.6 Å². The molecule has 1 aromatic heterocycles. The molecule has 0 aliphatic rings. The summed E-state index contributed by atoms with van der Waals surface area (Å²) in [5.74, 6) is 0. The Kier molecular flexibility index (Phi) is 2.12. The van der Waals surface area contributed by atoms with E-state index in [1.165, 1.54) is 10.9 Å². The fourth-order valence-electron chi connectivity index (χ4n) is 1.61. The van der Waals surface area contributed by atoms with Crippen LogP contribution in [-0.2, 0) is 6.54 Å². The lowest BCUT2D eigenvalue weighted by Crippen LogP contribution is -1.95. The number of hydrogen-bond acceptors (Lipinski definition) is 1. The summed E-state index contributed by atoms with van der Waals surface area (Å²) in [5.41, 5.74) is 2.29. The van der Waals surface area contributed by atoms with Crippen molar-refractivity contribution >= 4 is 26.8 Å². The summed E-state index contributed by atoms with van der Waals surface area (Å²) in [6.07, 6.45) is 0. The highest BCUT2D eigenvalue weighted by atomic mass is 79.9. The molecule has 0 fully saturated rings. The van der Waals surface area contributed by atoms with Crippen molar-refractivity contribution in [1.82, 2.24) is 9.78 Å². The van der Waals surface area contributed by atoms with Crippen LogP contribution in [0, 0.1) is 6.92 Å². The SMILES string of the molecule is CCn1nc(C)c2c(Br)cccc21. The quantitative estimate of drug-likeness (QED) is 0.747. The van der Waals surface area contributed by atoms with E-state index in [4.69, 9.17) is 0 Å². The molecule has 2 aromatic rings. The maximum atomic E-state index is 4.46. The Morgan fingerprint density at radius 1 is 1.46 bits per heavy atom. The predicted octanol–water partition coefficient (Wildman–Crippen LogP) is 3.13. The minimum absolute atomic E-state index is 0.917. The average molecular weight is 239 g/mol. The standard InChI is InChI=1S/C10H11BrN2/c1-3-13-9-6-4-5-8(11)10(9)7(2)12-13/h4-6H,3H2,1-2H3. The lowest BCUT2D eigenvalue weighted by Gasteiger charge is -1.97. The van der Waals surface area contributed by atoms with Gasteiger partial charge in [-0.2, -0.15) is 5.10 Å². The summed E-state index contributed by atoms with van der Waals surface area (Å²) in [7, 11) is 0. The predicted molar refractivity (Wildman–Crippen MR) is 57.8 cm³/mol. The highest BCUT2D eigenvalue weighted by molar-refractivity contribution is 9.10. The Balaban J connectivity index is 2.87. The summed E-state index contributed by atoms with van der Waals surface area (Å²) in [5, 5.41) is 5.68. The number of rotatable bonds is 1. The zero-order valence-electron chi connectivity index (χ0n) is 7.71. The van der Waals surface area contributed by atoms with Crippen molar-refractivity contribution in [3.8, 4) is 0 Å². The van der Waals surface area contributed by atoms with E-state index in [9.17, 15) is 0 Å². The number of halogens is 1. The van der Waals surface area contributed by atoms with Crippen LogP contribution in [0.15, 0.2) is 22.7 Å².